The van der Waals surface area contributed by atoms with E-state index >= 15 is 0 Å². The van der Waals surface area contributed by atoms with Gasteiger partial charge in [-0.25, -0.2) is 14.8 Å². The van der Waals surface area contributed by atoms with Gasteiger partial charge in [-0.3, -0.25) is 0 Å². The second kappa shape index (κ2) is 4.85. The van der Waals surface area contributed by atoms with Gasteiger partial charge < -0.3 is 4.74 Å². The Labute approximate surface area is 96.9 Å². The van der Waals surface area contributed by atoms with Gasteiger partial charge in [0, 0.05) is 12.4 Å². The van der Waals surface area contributed by atoms with Gasteiger partial charge in [0.1, 0.15) is 0 Å². The lowest BCUT2D eigenvalue weighted by atomic mass is 10.3. The smallest absolute Gasteiger partial charge is 0.341 e. The molecule has 0 bridgehead atoms. The largest absolute Gasteiger partial charge is 0.462 e. The second-order valence-corrected chi connectivity index (χ2v) is 3.94. The van der Waals surface area contributed by atoms with Crippen molar-refractivity contribution < 1.29 is 9.53 Å². The molecule has 2 heterocycles. The summed E-state index contributed by atoms with van der Waals surface area (Å²) in [7, 11) is 0. The molecule has 2 aromatic heterocycles. The maximum atomic E-state index is 11.3. The molecule has 0 spiro atoms. The third kappa shape index (κ3) is 2.25. The van der Waals surface area contributed by atoms with Gasteiger partial charge in [0.2, 0.25) is 0 Å². The van der Waals surface area contributed by atoms with E-state index in [1.165, 1.54) is 12.4 Å². The van der Waals surface area contributed by atoms with Crippen molar-refractivity contribution in [3.05, 3.63) is 35.5 Å². The number of nitrogens with zero attached hydrogens (tertiary/aromatic N) is 2. The lowest BCUT2D eigenvalue weighted by molar-refractivity contribution is 0.0525. The average Bonchev–Trinajstić information content (AvgIpc) is 2.83. The lowest BCUT2D eigenvalue weighted by Gasteiger charge is -2.01. The fourth-order valence-electron chi connectivity index (χ4n) is 1.18. The van der Waals surface area contributed by atoms with E-state index in [9.17, 15) is 4.79 Å². The first-order valence-electron chi connectivity index (χ1n) is 4.84. The van der Waals surface area contributed by atoms with Crippen LogP contribution in [0.15, 0.2) is 29.9 Å². The maximum absolute atomic E-state index is 11.3. The van der Waals surface area contributed by atoms with Crippen LogP contribution in [0, 0.1) is 0 Å². The van der Waals surface area contributed by atoms with Crippen molar-refractivity contribution in [3.8, 4) is 10.7 Å². The SMILES string of the molecule is CCOC(=O)c1cnc(-c2cccs2)nc1. The molecule has 2 aromatic rings. The summed E-state index contributed by atoms with van der Waals surface area (Å²) in [4.78, 5) is 20.6. The van der Waals surface area contributed by atoms with E-state index in [-0.39, 0.29) is 5.97 Å². The van der Waals surface area contributed by atoms with E-state index in [4.69, 9.17) is 4.74 Å². The summed E-state index contributed by atoms with van der Waals surface area (Å²) in [5.74, 6) is 0.239. The summed E-state index contributed by atoms with van der Waals surface area (Å²) in [5.41, 5.74) is 0.377. The fraction of sp³-hybridized carbons (Fsp3) is 0.182. The first-order valence-corrected chi connectivity index (χ1v) is 5.72. The summed E-state index contributed by atoms with van der Waals surface area (Å²) < 4.78 is 4.84. The Hall–Kier alpha value is -1.75. The minimum atomic E-state index is -0.389. The molecule has 0 aliphatic heterocycles. The number of aromatic nitrogens is 2. The molecule has 0 amide bonds. The molecule has 0 unspecified atom stereocenters. The van der Waals surface area contributed by atoms with E-state index in [1.807, 2.05) is 17.5 Å². The maximum Gasteiger partial charge on any atom is 0.341 e. The molecule has 0 fully saturated rings. The molecule has 0 atom stereocenters. The zero-order valence-electron chi connectivity index (χ0n) is 8.71. The molecule has 0 saturated heterocycles. The first kappa shape index (κ1) is 10.8. The van der Waals surface area contributed by atoms with Crippen molar-refractivity contribution in [2.75, 3.05) is 6.61 Å². The Morgan fingerprint density at radius 2 is 2.19 bits per heavy atom. The molecule has 0 radical (unpaired) electrons. The van der Waals surface area contributed by atoms with Crippen LogP contribution in [0.2, 0.25) is 0 Å². The van der Waals surface area contributed by atoms with Crippen LogP contribution in [0.5, 0.6) is 0 Å². The highest BCUT2D eigenvalue weighted by Gasteiger charge is 2.08. The molecular weight excluding hydrogens is 224 g/mol. The predicted molar refractivity (Wildman–Crippen MR) is 61.3 cm³/mol. The third-order valence-corrected chi connectivity index (χ3v) is 2.77. The Morgan fingerprint density at radius 1 is 1.44 bits per heavy atom. The molecule has 2 rings (SSSR count). The van der Waals surface area contributed by atoms with E-state index in [1.54, 1.807) is 18.3 Å². The van der Waals surface area contributed by atoms with Crippen LogP contribution < -0.4 is 0 Å². The summed E-state index contributed by atoms with van der Waals surface area (Å²) in [6.07, 6.45) is 2.97. The van der Waals surface area contributed by atoms with Crippen LogP contribution in [0.4, 0.5) is 0 Å². The predicted octanol–water partition coefficient (Wildman–Crippen LogP) is 2.38. The van der Waals surface area contributed by atoms with Crippen LogP contribution in [0.3, 0.4) is 0 Å². The topological polar surface area (TPSA) is 52.1 Å². The molecule has 0 N–H and O–H groups in total. The number of carbonyl (C=O) groups is 1. The molecule has 82 valence electrons. The number of thiophene rings is 1. The second-order valence-electron chi connectivity index (χ2n) is 2.99. The quantitative estimate of drug-likeness (QED) is 0.765. The number of hydrogen-bond donors (Lipinski definition) is 0. The normalized spacial score (nSPS) is 10.1. The molecule has 0 aromatic carbocycles. The van der Waals surface area contributed by atoms with Gasteiger partial charge in [-0.1, -0.05) is 6.07 Å². The molecule has 0 saturated carbocycles. The highest BCUT2D eigenvalue weighted by Crippen LogP contribution is 2.20. The van der Waals surface area contributed by atoms with Gasteiger partial charge in [-0.15, -0.1) is 11.3 Å². The van der Waals surface area contributed by atoms with Crippen LogP contribution in [-0.4, -0.2) is 22.5 Å². The average molecular weight is 234 g/mol. The van der Waals surface area contributed by atoms with Crippen molar-refractivity contribution in [2.24, 2.45) is 0 Å². The summed E-state index contributed by atoms with van der Waals surface area (Å²) in [6, 6.07) is 3.87. The number of carbonyl (C=O) groups excluding carboxylic acids is 1. The first-order chi connectivity index (χ1) is 7.81. The molecule has 16 heavy (non-hydrogen) atoms. The summed E-state index contributed by atoms with van der Waals surface area (Å²) >= 11 is 1.56. The number of rotatable bonds is 3. The number of ether oxygens (including phenoxy) is 1. The monoisotopic (exact) mass is 234 g/mol. The molecule has 5 heteroatoms. The minimum absolute atomic E-state index is 0.353. The Morgan fingerprint density at radius 3 is 2.75 bits per heavy atom. The Balaban J connectivity index is 2.20. The molecule has 4 nitrogen and oxygen atoms in total. The van der Waals surface area contributed by atoms with Crippen molar-refractivity contribution in [2.45, 2.75) is 6.92 Å². The van der Waals surface area contributed by atoms with Crippen LogP contribution in [-0.2, 0) is 4.74 Å². The highest BCUT2D eigenvalue weighted by atomic mass is 32.1. The summed E-state index contributed by atoms with van der Waals surface area (Å²) in [6.45, 7) is 2.12. The van der Waals surface area contributed by atoms with Gasteiger partial charge in [-0.05, 0) is 18.4 Å². The lowest BCUT2D eigenvalue weighted by Crippen LogP contribution is -2.05. The van der Waals surface area contributed by atoms with Crippen molar-refractivity contribution in [1.29, 1.82) is 0 Å². The Bertz CT molecular complexity index is 465. The number of esters is 1. The standard InChI is InChI=1S/C11H10N2O2S/c1-2-15-11(14)8-6-12-10(13-7-8)9-4-3-5-16-9/h3-7H,2H2,1H3. The Kier molecular flexibility index (Phi) is 3.26. The number of hydrogen-bond acceptors (Lipinski definition) is 5. The van der Waals surface area contributed by atoms with E-state index < -0.39 is 0 Å². The van der Waals surface area contributed by atoms with Crippen LogP contribution in [0.1, 0.15) is 17.3 Å². The van der Waals surface area contributed by atoms with E-state index in [0.717, 1.165) is 4.88 Å². The van der Waals surface area contributed by atoms with E-state index in [2.05, 4.69) is 9.97 Å². The molecular formula is C11H10N2O2S. The van der Waals surface area contributed by atoms with Crippen LogP contribution in [0.25, 0.3) is 10.7 Å². The minimum Gasteiger partial charge on any atom is -0.462 e. The molecule has 0 aliphatic carbocycles. The van der Waals surface area contributed by atoms with Crippen molar-refractivity contribution >= 4 is 17.3 Å². The fourth-order valence-corrected chi connectivity index (χ4v) is 1.85. The zero-order valence-corrected chi connectivity index (χ0v) is 9.53. The van der Waals surface area contributed by atoms with Gasteiger partial charge in [-0.2, -0.15) is 0 Å². The summed E-state index contributed by atoms with van der Waals surface area (Å²) in [5, 5.41) is 1.96. The zero-order chi connectivity index (χ0) is 11.4. The van der Waals surface area contributed by atoms with Crippen molar-refractivity contribution in [1.82, 2.24) is 9.97 Å². The van der Waals surface area contributed by atoms with Gasteiger partial charge in [0.15, 0.2) is 5.82 Å². The van der Waals surface area contributed by atoms with Gasteiger partial charge in [0.25, 0.3) is 0 Å². The highest BCUT2D eigenvalue weighted by molar-refractivity contribution is 7.13. The van der Waals surface area contributed by atoms with Gasteiger partial charge >= 0.3 is 5.97 Å². The van der Waals surface area contributed by atoms with Crippen LogP contribution >= 0.6 is 11.3 Å². The van der Waals surface area contributed by atoms with E-state index in [0.29, 0.717) is 18.0 Å². The van der Waals surface area contributed by atoms with Crippen molar-refractivity contribution in [3.63, 3.8) is 0 Å². The molecule has 0 aliphatic rings. The van der Waals surface area contributed by atoms with Gasteiger partial charge in [0.05, 0.1) is 17.0 Å². The third-order valence-electron chi connectivity index (χ3n) is 1.90.